The topological polar surface area (TPSA) is 127 Å². The minimum absolute atomic E-state index is 0.385. The fourth-order valence-electron chi connectivity index (χ4n) is 1.32. The van der Waals surface area contributed by atoms with Gasteiger partial charge in [0, 0.05) is 0 Å². The van der Waals surface area contributed by atoms with E-state index < -0.39 is 24.0 Å². The molecule has 0 aromatic heterocycles. The molecule has 0 bridgehead atoms. The molecule has 1 rings (SSSR count). The second-order valence-corrected chi connectivity index (χ2v) is 5.35. The van der Waals surface area contributed by atoms with Crippen molar-refractivity contribution in [1.29, 1.82) is 0 Å². The first kappa shape index (κ1) is 19.4. The predicted octanol–water partition coefficient (Wildman–Crippen LogP) is 0.792. The van der Waals surface area contributed by atoms with Crippen molar-refractivity contribution in [2.45, 2.75) is 24.9 Å². The lowest BCUT2D eigenvalue weighted by atomic mass is 10.1. The van der Waals surface area contributed by atoms with Crippen molar-refractivity contribution in [3.8, 4) is 0 Å². The largest absolute Gasteiger partial charge is 0.480 e. The first-order valence-corrected chi connectivity index (χ1v) is 7.77. The number of aliphatic carboxylic acids is 2. The van der Waals surface area contributed by atoms with Crippen molar-refractivity contribution < 1.29 is 19.8 Å². The Bertz CT molecular complexity index is 428. The Hall–Kier alpha value is -1.57. The normalized spacial score (nSPS) is 12.7. The van der Waals surface area contributed by atoms with Crippen molar-refractivity contribution in [2.75, 3.05) is 12.0 Å². The van der Waals surface area contributed by atoms with Gasteiger partial charge in [-0.05, 0) is 30.4 Å². The molecule has 0 fully saturated rings. The van der Waals surface area contributed by atoms with Crippen LogP contribution in [0.15, 0.2) is 30.3 Å². The van der Waals surface area contributed by atoms with E-state index in [1.807, 2.05) is 36.6 Å². The molecule has 0 amide bonds. The van der Waals surface area contributed by atoms with Crippen molar-refractivity contribution in [3.05, 3.63) is 35.9 Å². The third kappa shape index (κ3) is 9.89. The number of benzene rings is 1. The van der Waals surface area contributed by atoms with Gasteiger partial charge in [0.15, 0.2) is 0 Å². The fraction of sp³-hybridized carbons (Fsp3) is 0.429. The average molecular weight is 314 g/mol. The van der Waals surface area contributed by atoms with E-state index >= 15 is 0 Å². The summed E-state index contributed by atoms with van der Waals surface area (Å²) in [7, 11) is 0. The first-order valence-electron chi connectivity index (χ1n) is 6.38. The van der Waals surface area contributed by atoms with Crippen LogP contribution in [0.1, 0.15) is 12.0 Å². The van der Waals surface area contributed by atoms with Crippen LogP contribution in [0.4, 0.5) is 0 Å². The molecule has 1 aromatic rings. The van der Waals surface area contributed by atoms with Crippen LogP contribution in [-0.2, 0) is 16.0 Å². The Labute approximate surface area is 128 Å². The summed E-state index contributed by atoms with van der Waals surface area (Å²) in [6.07, 6.45) is 2.86. The molecule has 0 aliphatic heterocycles. The smallest absolute Gasteiger partial charge is 0.320 e. The van der Waals surface area contributed by atoms with E-state index in [1.54, 1.807) is 11.8 Å². The second-order valence-electron chi connectivity index (χ2n) is 4.36. The van der Waals surface area contributed by atoms with Crippen molar-refractivity contribution in [3.63, 3.8) is 0 Å². The zero-order chi connectivity index (χ0) is 16.3. The van der Waals surface area contributed by atoms with Gasteiger partial charge >= 0.3 is 11.9 Å². The Morgan fingerprint density at radius 1 is 1.10 bits per heavy atom. The van der Waals surface area contributed by atoms with Crippen LogP contribution in [0.5, 0.6) is 0 Å². The van der Waals surface area contributed by atoms with E-state index in [-0.39, 0.29) is 0 Å². The lowest BCUT2D eigenvalue weighted by Crippen LogP contribution is -2.32. The summed E-state index contributed by atoms with van der Waals surface area (Å²) in [5, 5.41) is 16.8. The van der Waals surface area contributed by atoms with Gasteiger partial charge in [0.1, 0.15) is 12.1 Å². The van der Waals surface area contributed by atoms with Crippen LogP contribution >= 0.6 is 11.8 Å². The molecule has 0 aliphatic rings. The number of hydrogen-bond donors (Lipinski definition) is 4. The Balaban J connectivity index is 0.000000400. The molecule has 1 aromatic carbocycles. The zero-order valence-corrected chi connectivity index (χ0v) is 12.8. The zero-order valence-electron chi connectivity index (χ0n) is 11.9. The van der Waals surface area contributed by atoms with Crippen LogP contribution in [0, 0.1) is 0 Å². The summed E-state index contributed by atoms with van der Waals surface area (Å²) in [5.74, 6) is -1.06. The summed E-state index contributed by atoms with van der Waals surface area (Å²) in [6.45, 7) is 0. The summed E-state index contributed by atoms with van der Waals surface area (Å²) >= 11 is 1.60. The van der Waals surface area contributed by atoms with E-state index in [4.69, 9.17) is 21.7 Å². The number of rotatable bonds is 7. The van der Waals surface area contributed by atoms with Gasteiger partial charge < -0.3 is 21.7 Å². The molecule has 0 spiro atoms. The maximum atomic E-state index is 10.4. The molecule has 6 N–H and O–H groups in total. The summed E-state index contributed by atoms with van der Waals surface area (Å²) in [6, 6.07) is 7.86. The minimum atomic E-state index is -0.959. The van der Waals surface area contributed by atoms with Gasteiger partial charge in [-0.2, -0.15) is 11.8 Å². The Morgan fingerprint density at radius 2 is 1.62 bits per heavy atom. The van der Waals surface area contributed by atoms with E-state index in [2.05, 4.69) is 0 Å². The maximum absolute atomic E-state index is 10.4. The van der Waals surface area contributed by atoms with Crippen LogP contribution in [0.25, 0.3) is 0 Å². The average Bonchev–Trinajstić information content (AvgIpc) is 2.46. The molecule has 0 saturated carbocycles. The fourth-order valence-corrected chi connectivity index (χ4v) is 1.81. The second kappa shape index (κ2) is 11.1. The molecule has 2 unspecified atom stereocenters. The van der Waals surface area contributed by atoms with Gasteiger partial charge in [0.25, 0.3) is 0 Å². The van der Waals surface area contributed by atoms with Crippen LogP contribution in [-0.4, -0.2) is 46.2 Å². The van der Waals surface area contributed by atoms with E-state index in [1.165, 1.54) is 0 Å². The van der Waals surface area contributed by atoms with Gasteiger partial charge in [-0.15, -0.1) is 0 Å². The molecular formula is C14H22N2O4S. The van der Waals surface area contributed by atoms with Gasteiger partial charge in [-0.1, -0.05) is 30.3 Å². The maximum Gasteiger partial charge on any atom is 0.320 e. The lowest BCUT2D eigenvalue weighted by molar-refractivity contribution is -0.139. The minimum Gasteiger partial charge on any atom is -0.480 e. The number of carboxylic acid groups (broad SMARTS) is 2. The van der Waals surface area contributed by atoms with Crippen LogP contribution in [0.2, 0.25) is 0 Å². The Kier molecular flexibility index (Phi) is 10.3. The number of hydrogen-bond acceptors (Lipinski definition) is 5. The molecule has 2 atom stereocenters. The lowest BCUT2D eigenvalue weighted by Gasteiger charge is -2.04. The monoisotopic (exact) mass is 314 g/mol. The molecule has 118 valence electrons. The Morgan fingerprint density at radius 3 is 2.05 bits per heavy atom. The molecule has 0 saturated heterocycles. The van der Waals surface area contributed by atoms with Gasteiger partial charge in [-0.25, -0.2) is 0 Å². The number of carbonyl (C=O) groups is 2. The van der Waals surface area contributed by atoms with E-state index in [0.717, 1.165) is 11.3 Å². The molecule has 0 heterocycles. The SMILES string of the molecule is CSCCC(N)C(=O)O.NC(Cc1ccccc1)C(=O)O. The van der Waals surface area contributed by atoms with E-state index in [0.29, 0.717) is 12.8 Å². The molecule has 0 radical (unpaired) electrons. The van der Waals surface area contributed by atoms with Gasteiger partial charge in [-0.3, -0.25) is 9.59 Å². The first-order chi connectivity index (χ1) is 9.88. The molecule has 0 aliphatic carbocycles. The standard InChI is InChI=1S/C9H11NO2.C5H11NO2S/c10-8(9(11)12)6-7-4-2-1-3-5-7;1-9-3-2-4(6)5(7)8/h1-5,8H,6,10H2,(H,11,12);4H,2-3,6H2,1H3,(H,7,8). The highest BCUT2D eigenvalue weighted by Crippen LogP contribution is 2.01. The predicted molar refractivity (Wildman–Crippen MR) is 84.4 cm³/mol. The molecular weight excluding hydrogens is 292 g/mol. The molecule has 7 heteroatoms. The van der Waals surface area contributed by atoms with Crippen molar-refractivity contribution in [1.82, 2.24) is 0 Å². The van der Waals surface area contributed by atoms with Crippen LogP contribution in [0.3, 0.4) is 0 Å². The third-order valence-electron chi connectivity index (χ3n) is 2.57. The summed E-state index contributed by atoms with van der Waals surface area (Å²) < 4.78 is 0. The van der Waals surface area contributed by atoms with Crippen molar-refractivity contribution >= 4 is 23.7 Å². The summed E-state index contributed by atoms with van der Waals surface area (Å²) in [4.78, 5) is 20.4. The third-order valence-corrected chi connectivity index (χ3v) is 3.21. The van der Waals surface area contributed by atoms with Crippen LogP contribution < -0.4 is 11.5 Å². The van der Waals surface area contributed by atoms with Crippen molar-refractivity contribution in [2.24, 2.45) is 11.5 Å². The summed E-state index contributed by atoms with van der Waals surface area (Å²) in [5.41, 5.74) is 11.5. The van der Waals surface area contributed by atoms with Gasteiger partial charge in [0.05, 0.1) is 0 Å². The molecule has 6 nitrogen and oxygen atoms in total. The highest BCUT2D eigenvalue weighted by molar-refractivity contribution is 7.98. The number of nitrogens with two attached hydrogens (primary N) is 2. The van der Waals surface area contributed by atoms with Gasteiger partial charge in [0.2, 0.25) is 0 Å². The quantitative estimate of drug-likeness (QED) is 0.586. The highest BCUT2D eigenvalue weighted by atomic mass is 32.2. The number of carboxylic acids is 2. The molecule has 21 heavy (non-hydrogen) atoms. The highest BCUT2D eigenvalue weighted by Gasteiger charge is 2.11. The van der Waals surface area contributed by atoms with E-state index in [9.17, 15) is 9.59 Å². The number of thioether (sulfide) groups is 1.